The third-order valence-electron chi connectivity index (χ3n) is 8.41. The molecular formula is C41H25N5O. The maximum atomic E-state index is 6.41. The number of hydrogen-bond donors (Lipinski definition) is 0. The van der Waals surface area contributed by atoms with Gasteiger partial charge in [0.2, 0.25) is 0 Å². The second kappa shape index (κ2) is 11.1. The molecule has 6 heteroatoms. The Morgan fingerprint density at radius 2 is 1.09 bits per heavy atom. The molecule has 9 rings (SSSR count). The van der Waals surface area contributed by atoms with Gasteiger partial charge in [-0.05, 0) is 52.9 Å². The van der Waals surface area contributed by atoms with Gasteiger partial charge in [0.25, 0.3) is 0 Å². The zero-order valence-corrected chi connectivity index (χ0v) is 25.1. The third kappa shape index (κ3) is 4.80. The quantitative estimate of drug-likeness (QED) is 0.195. The van der Waals surface area contributed by atoms with E-state index >= 15 is 0 Å². The van der Waals surface area contributed by atoms with Crippen LogP contribution < -0.4 is 0 Å². The van der Waals surface area contributed by atoms with Gasteiger partial charge >= 0.3 is 0 Å². The number of furan rings is 1. The molecule has 0 aliphatic heterocycles. The molecule has 0 saturated carbocycles. The number of fused-ring (bicyclic) bond motifs is 4. The molecule has 0 spiro atoms. The van der Waals surface area contributed by atoms with Crippen LogP contribution >= 0.6 is 0 Å². The van der Waals surface area contributed by atoms with Crippen LogP contribution in [0.5, 0.6) is 0 Å². The van der Waals surface area contributed by atoms with Gasteiger partial charge in [-0.25, -0.2) is 15.0 Å². The van der Waals surface area contributed by atoms with E-state index < -0.39 is 0 Å². The fraction of sp³-hybridized carbons (Fsp3) is 0. The van der Waals surface area contributed by atoms with E-state index in [1.54, 1.807) is 6.20 Å². The molecule has 0 unspecified atom stereocenters. The van der Waals surface area contributed by atoms with Gasteiger partial charge in [0, 0.05) is 40.0 Å². The largest absolute Gasteiger partial charge is 0.454 e. The second-order valence-electron chi connectivity index (χ2n) is 11.3. The second-order valence-corrected chi connectivity index (χ2v) is 11.3. The van der Waals surface area contributed by atoms with Crippen LogP contribution in [0.3, 0.4) is 0 Å². The van der Waals surface area contributed by atoms with Crippen LogP contribution in [0.4, 0.5) is 0 Å². The van der Waals surface area contributed by atoms with Crippen molar-refractivity contribution in [3.8, 4) is 56.5 Å². The highest BCUT2D eigenvalue weighted by molar-refractivity contribution is 6.14. The summed E-state index contributed by atoms with van der Waals surface area (Å²) in [6.45, 7) is 0. The van der Waals surface area contributed by atoms with Gasteiger partial charge in [0.05, 0.1) is 11.1 Å². The Kier molecular flexibility index (Phi) is 6.35. The molecule has 5 aromatic carbocycles. The van der Waals surface area contributed by atoms with Crippen LogP contribution in [0.15, 0.2) is 156 Å². The summed E-state index contributed by atoms with van der Waals surface area (Å²) in [7, 11) is 0. The molecule has 6 nitrogen and oxygen atoms in total. The number of aromatic nitrogens is 5. The molecule has 4 heterocycles. The lowest BCUT2D eigenvalue weighted by Crippen LogP contribution is -2.00. The van der Waals surface area contributed by atoms with Gasteiger partial charge in [-0.3, -0.25) is 9.97 Å². The topological polar surface area (TPSA) is 77.6 Å². The predicted molar refractivity (Wildman–Crippen MR) is 187 cm³/mol. The Hall–Kier alpha value is -6.53. The van der Waals surface area contributed by atoms with Gasteiger partial charge in [-0.1, -0.05) is 103 Å². The lowest BCUT2D eigenvalue weighted by molar-refractivity contribution is 0.668. The molecular weight excluding hydrogens is 578 g/mol. The lowest BCUT2D eigenvalue weighted by Gasteiger charge is -2.12. The third-order valence-corrected chi connectivity index (χ3v) is 8.41. The molecule has 0 radical (unpaired) electrons. The standard InChI is InChI=1S/C41H25N5O/c1-3-12-27(13-4-1)39-44-40(28-14-5-2-6-15-28)46-41(45-39)30-17-9-16-29(23-30)31-24-33(37-32-18-8-7-11-26(32)20-22-43-37)36-35(25-31)47-34-19-10-21-42-38(34)36/h1-25H. The number of pyridine rings is 2. The molecule has 220 valence electrons. The number of hydrogen-bond acceptors (Lipinski definition) is 6. The van der Waals surface area contributed by atoms with E-state index in [1.165, 1.54) is 0 Å². The van der Waals surface area contributed by atoms with Crippen molar-refractivity contribution in [1.82, 2.24) is 24.9 Å². The summed E-state index contributed by atoms with van der Waals surface area (Å²) in [5.41, 5.74) is 8.90. The van der Waals surface area contributed by atoms with Gasteiger partial charge in [0.1, 0.15) is 11.1 Å². The average molecular weight is 604 g/mol. The molecule has 4 aromatic heterocycles. The molecule has 0 N–H and O–H groups in total. The van der Waals surface area contributed by atoms with Crippen LogP contribution in [0.2, 0.25) is 0 Å². The number of benzene rings is 5. The van der Waals surface area contributed by atoms with E-state index in [2.05, 4.69) is 36.4 Å². The Labute approximate surface area is 270 Å². The molecule has 0 amide bonds. The Morgan fingerprint density at radius 3 is 1.85 bits per heavy atom. The summed E-state index contributed by atoms with van der Waals surface area (Å²) >= 11 is 0. The summed E-state index contributed by atoms with van der Waals surface area (Å²) in [6, 6.07) is 46.8. The maximum absolute atomic E-state index is 6.41. The van der Waals surface area contributed by atoms with Crippen LogP contribution in [0.25, 0.3) is 89.4 Å². The Morgan fingerprint density at radius 1 is 0.426 bits per heavy atom. The van der Waals surface area contributed by atoms with E-state index in [4.69, 9.17) is 29.3 Å². The van der Waals surface area contributed by atoms with Crippen LogP contribution in [-0.4, -0.2) is 24.9 Å². The van der Waals surface area contributed by atoms with Crippen LogP contribution in [-0.2, 0) is 0 Å². The molecule has 47 heavy (non-hydrogen) atoms. The number of nitrogens with zero attached hydrogens (tertiary/aromatic N) is 5. The fourth-order valence-corrected chi connectivity index (χ4v) is 6.18. The van der Waals surface area contributed by atoms with Crippen molar-refractivity contribution in [2.24, 2.45) is 0 Å². The Bertz CT molecular complexity index is 2520. The van der Waals surface area contributed by atoms with Gasteiger partial charge < -0.3 is 4.42 Å². The first-order chi connectivity index (χ1) is 23.3. The van der Waals surface area contributed by atoms with Crippen molar-refractivity contribution in [2.75, 3.05) is 0 Å². The predicted octanol–water partition coefficient (Wildman–Crippen LogP) is 10.0. The highest BCUT2D eigenvalue weighted by atomic mass is 16.3. The van der Waals surface area contributed by atoms with Crippen LogP contribution in [0.1, 0.15) is 0 Å². The van der Waals surface area contributed by atoms with Gasteiger partial charge in [-0.15, -0.1) is 0 Å². The zero-order chi connectivity index (χ0) is 31.2. The van der Waals surface area contributed by atoms with E-state index in [1.807, 2.05) is 109 Å². The van der Waals surface area contributed by atoms with Crippen molar-refractivity contribution >= 4 is 32.8 Å². The molecule has 0 atom stereocenters. The maximum Gasteiger partial charge on any atom is 0.164 e. The zero-order valence-electron chi connectivity index (χ0n) is 25.1. The minimum absolute atomic E-state index is 0.601. The summed E-state index contributed by atoms with van der Waals surface area (Å²) in [6.07, 6.45) is 3.67. The van der Waals surface area contributed by atoms with E-state index in [-0.39, 0.29) is 0 Å². The van der Waals surface area contributed by atoms with E-state index in [0.717, 1.165) is 71.9 Å². The summed E-state index contributed by atoms with van der Waals surface area (Å²) in [5.74, 6) is 1.85. The van der Waals surface area contributed by atoms with Crippen molar-refractivity contribution in [1.29, 1.82) is 0 Å². The molecule has 0 bridgehead atoms. The molecule has 0 aliphatic carbocycles. The average Bonchev–Trinajstić information content (AvgIpc) is 3.53. The smallest absolute Gasteiger partial charge is 0.164 e. The minimum atomic E-state index is 0.601. The van der Waals surface area contributed by atoms with Crippen molar-refractivity contribution in [3.05, 3.63) is 152 Å². The monoisotopic (exact) mass is 603 g/mol. The fourth-order valence-electron chi connectivity index (χ4n) is 6.18. The molecule has 9 aromatic rings. The summed E-state index contributed by atoms with van der Waals surface area (Å²) < 4.78 is 6.41. The first-order valence-electron chi connectivity index (χ1n) is 15.4. The first kappa shape index (κ1) is 26.8. The first-order valence-corrected chi connectivity index (χ1v) is 15.4. The van der Waals surface area contributed by atoms with Crippen LogP contribution in [0, 0.1) is 0 Å². The summed E-state index contributed by atoms with van der Waals surface area (Å²) in [4.78, 5) is 24.4. The van der Waals surface area contributed by atoms with E-state index in [0.29, 0.717) is 17.5 Å². The normalized spacial score (nSPS) is 11.4. The highest BCUT2D eigenvalue weighted by Gasteiger charge is 2.19. The highest BCUT2D eigenvalue weighted by Crippen LogP contribution is 2.41. The van der Waals surface area contributed by atoms with Gasteiger partial charge in [0.15, 0.2) is 23.1 Å². The summed E-state index contributed by atoms with van der Waals surface area (Å²) in [5, 5.41) is 3.14. The molecule has 0 aliphatic rings. The lowest BCUT2D eigenvalue weighted by atomic mass is 9.95. The minimum Gasteiger partial charge on any atom is -0.454 e. The van der Waals surface area contributed by atoms with Crippen molar-refractivity contribution < 1.29 is 4.42 Å². The number of rotatable bonds is 5. The van der Waals surface area contributed by atoms with E-state index in [9.17, 15) is 0 Å². The molecule has 0 saturated heterocycles. The molecule has 0 fully saturated rings. The Balaban J connectivity index is 1.25. The van der Waals surface area contributed by atoms with Crippen molar-refractivity contribution in [2.45, 2.75) is 0 Å². The SMILES string of the molecule is c1ccc(-c2nc(-c3ccccc3)nc(-c3cccc(-c4cc(-c5nccc6ccccc56)c5c(c4)oc4cccnc45)c3)n2)cc1. The van der Waals surface area contributed by atoms with Crippen molar-refractivity contribution in [3.63, 3.8) is 0 Å². The van der Waals surface area contributed by atoms with Gasteiger partial charge in [-0.2, -0.15) is 0 Å².